The van der Waals surface area contributed by atoms with Gasteiger partial charge in [0.05, 0.1) is 6.07 Å². The van der Waals surface area contributed by atoms with Gasteiger partial charge >= 0.3 is 0 Å². The first-order valence-electron chi connectivity index (χ1n) is 2.27. The summed E-state index contributed by atoms with van der Waals surface area (Å²) in [5.41, 5.74) is 0. The van der Waals surface area contributed by atoms with Gasteiger partial charge in [0.15, 0.2) is 9.76 Å². The molecule has 7 heavy (non-hydrogen) atoms. The number of nitriles is 1. The van der Waals surface area contributed by atoms with Crippen molar-refractivity contribution in [3.63, 3.8) is 0 Å². The minimum Gasteiger partial charge on any atom is -0.427 e. The summed E-state index contributed by atoms with van der Waals surface area (Å²) >= 11 is 0. The van der Waals surface area contributed by atoms with Crippen LogP contribution in [0.3, 0.4) is 0 Å². The van der Waals surface area contributed by atoms with Crippen molar-refractivity contribution in [1.82, 2.24) is 0 Å². The predicted octanol–water partition coefficient (Wildman–Crippen LogP) is 0.0486. The number of hydrogen-bond acceptors (Lipinski definition) is 2. The highest BCUT2D eigenvalue weighted by molar-refractivity contribution is 6.26. The standard InChI is InChI=1S/C4H9NOSi/c1-6-7-4-2-3-5/h2,4,7H2,1H3. The van der Waals surface area contributed by atoms with Crippen LogP contribution >= 0.6 is 0 Å². The monoisotopic (exact) mass is 115 g/mol. The van der Waals surface area contributed by atoms with Gasteiger partial charge in [-0.05, 0) is 6.04 Å². The van der Waals surface area contributed by atoms with Crippen LogP contribution in [0.25, 0.3) is 0 Å². The maximum Gasteiger partial charge on any atom is 0.162 e. The van der Waals surface area contributed by atoms with E-state index in [0.717, 1.165) is 6.04 Å². The zero-order chi connectivity index (χ0) is 5.54. The predicted molar refractivity (Wildman–Crippen MR) is 30.6 cm³/mol. The molecule has 0 unspecified atom stereocenters. The lowest BCUT2D eigenvalue weighted by Crippen LogP contribution is -1.89. The van der Waals surface area contributed by atoms with Gasteiger partial charge in [0.25, 0.3) is 0 Å². The lowest BCUT2D eigenvalue weighted by atomic mass is 10.6. The van der Waals surface area contributed by atoms with Crippen molar-refractivity contribution in [1.29, 1.82) is 5.26 Å². The van der Waals surface area contributed by atoms with Crippen LogP contribution in [0.4, 0.5) is 0 Å². The second kappa shape index (κ2) is 5.67. The Bertz CT molecular complexity index is 68.6. The number of rotatable bonds is 3. The van der Waals surface area contributed by atoms with Crippen molar-refractivity contribution in [2.75, 3.05) is 7.11 Å². The molecule has 0 aromatic rings. The van der Waals surface area contributed by atoms with Gasteiger partial charge in [0.2, 0.25) is 0 Å². The van der Waals surface area contributed by atoms with Crippen LogP contribution in [-0.4, -0.2) is 16.9 Å². The van der Waals surface area contributed by atoms with Crippen molar-refractivity contribution in [2.24, 2.45) is 0 Å². The third-order valence-electron chi connectivity index (χ3n) is 0.637. The van der Waals surface area contributed by atoms with E-state index in [0.29, 0.717) is 6.42 Å². The summed E-state index contributed by atoms with van der Waals surface area (Å²) in [6.45, 7) is 0. The van der Waals surface area contributed by atoms with Crippen LogP contribution in [0.1, 0.15) is 6.42 Å². The van der Waals surface area contributed by atoms with Crippen molar-refractivity contribution >= 4 is 9.76 Å². The maximum atomic E-state index is 8.01. The first-order valence-corrected chi connectivity index (χ1v) is 3.85. The van der Waals surface area contributed by atoms with E-state index in [1.807, 2.05) is 0 Å². The van der Waals surface area contributed by atoms with Crippen molar-refractivity contribution < 1.29 is 4.43 Å². The van der Waals surface area contributed by atoms with E-state index < -0.39 is 0 Å². The summed E-state index contributed by atoms with van der Waals surface area (Å²) in [6.07, 6.45) is 0.667. The van der Waals surface area contributed by atoms with Crippen LogP contribution in [0.2, 0.25) is 6.04 Å². The van der Waals surface area contributed by atoms with Crippen LogP contribution in [0, 0.1) is 11.3 Å². The van der Waals surface area contributed by atoms with E-state index in [-0.39, 0.29) is 9.76 Å². The average Bonchev–Trinajstić information content (AvgIpc) is 1.69. The van der Waals surface area contributed by atoms with Gasteiger partial charge in [-0.3, -0.25) is 0 Å². The molecule has 0 fully saturated rings. The Morgan fingerprint density at radius 2 is 2.57 bits per heavy atom. The second-order valence-corrected chi connectivity index (χ2v) is 2.95. The summed E-state index contributed by atoms with van der Waals surface area (Å²) in [4.78, 5) is 0. The molecule has 0 atom stereocenters. The van der Waals surface area contributed by atoms with Crippen molar-refractivity contribution in [2.45, 2.75) is 12.5 Å². The molecular formula is C4H9NOSi. The van der Waals surface area contributed by atoms with E-state index in [9.17, 15) is 0 Å². The minimum atomic E-state index is -0.312. The Morgan fingerprint density at radius 1 is 1.86 bits per heavy atom. The molecule has 0 aliphatic rings. The molecule has 0 saturated heterocycles. The molecule has 0 aromatic heterocycles. The van der Waals surface area contributed by atoms with Crippen molar-refractivity contribution in [3.05, 3.63) is 0 Å². The van der Waals surface area contributed by atoms with Gasteiger partial charge in [-0.15, -0.1) is 0 Å². The molecule has 2 nitrogen and oxygen atoms in total. The third-order valence-corrected chi connectivity index (χ3v) is 1.69. The van der Waals surface area contributed by atoms with Crippen LogP contribution in [0.5, 0.6) is 0 Å². The molecule has 0 amide bonds. The zero-order valence-electron chi connectivity index (χ0n) is 4.48. The van der Waals surface area contributed by atoms with E-state index in [1.165, 1.54) is 0 Å². The van der Waals surface area contributed by atoms with Crippen LogP contribution in [0.15, 0.2) is 0 Å². The third kappa shape index (κ3) is 5.67. The minimum absolute atomic E-state index is 0.312. The highest BCUT2D eigenvalue weighted by atomic mass is 28.2. The molecule has 0 bridgehead atoms. The molecule has 0 heterocycles. The fourth-order valence-electron chi connectivity index (χ4n) is 0.296. The topological polar surface area (TPSA) is 33.0 Å². The Hall–Kier alpha value is -0.333. The van der Waals surface area contributed by atoms with Gasteiger partial charge in [0, 0.05) is 13.5 Å². The molecule has 0 aromatic carbocycles. The van der Waals surface area contributed by atoms with Crippen molar-refractivity contribution in [3.8, 4) is 6.07 Å². The summed E-state index contributed by atoms with van der Waals surface area (Å²) in [6, 6.07) is 3.05. The highest BCUT2D eigenvalue weighted by Gasteiger charge is 1.81. The first kappa shape index (κ1) is 6.67. The molecular weight excluding hydrogens is 106 g/mol. The quantitative estimate of drug-likeness (QED) is 0.384. The normalized spacial score (nSPS) is 9.71. The first-order chi connectivity index (χ1) is 3.41. The van der Waals surface area contributed by atoms with E-state index >= 15 is 0 Å². The summed E-state index contributed by atoms with van der Waals surface area (Å²) in [5, 5.41) is 8.01. The summed E-state index contributed by atoms with van der Waals surface area (Å²) in [7, 11) is 1.39. The lowest BCUT2D eigenvalue weighted by Gasteiger charge is -1.86. The highest BCUT2D eigenvalue weighted by Crippen LogP contribution is 1.83. The second-order valence-electron chi connectivity index (χ2n) is 1.25. The lowest BCUT2D eigenvalue weighted by molar-refractivity contribution is 0.441. The number of nitrogens with zero attached hydrogens (tertiary/aromatic N) is 1. The molecule has 3 heteroatoms. The molecule has 0 aliphatic heterocycles. The van der Waals surface area contributed by atoms with Gasteiger partial charge in [-0.2, -0.15) is 5.26 Å². The maximum absolute atomic E-state index is 8.01. The van der Waals surface area contributed by atoms with Gasteiger partial charge in [0.1, 0.15) is 0 Å². The van der Waals surface area contributed by atoms with Gasteiger partial charge < -0.3 is 4.43 Å². The Morgan fingerprint density at radius 3 is 3.00 bits per heavy atom. The summed E-state index contributed by atoms with van der Waals surface area (Å²) < 4.78 is 4.83. The fourth-order valence-corrected chi connectivity index (χ4v) is 0.887. The smallest absolute Gasteiger partial charge is 0.162 e. The molecule has 0 N–H and O–H groups in total. The average molecular weight is 115 g/mol. The molecule has 0 aliphatic carbocycles. The van der Waals surface area contributed by atoms with Crippen LogP contribution < -0.4 is 0 Å². The SMILES string of the molecule is CO[SiH2]CCC#N. The number of hydrogen-bond donors (Lipinski definition) is 0. The van der Waals surface area contributed by atoms with Gasteiger partial charge in [-0.25, -0.2) is 0 Å². The fraction of sp³-hybridized carbons (Fsp3) is 0.750. The molecule has 0 spiro atoms. The van der Waals surface area contributed by atoms with E-state index in [1.54, 1.807) is 7.11 Å². The zero-order valence-corrected chi connectivity index (χ0v) is 5.89. The molecule has 0 saturated carbocycles. The van der Waals surface area contributed by atoms with Gasteiger partial charge in [-0.1, -0.05) is 0 Å². The Labute approximate surface area is 46.0 Å². The Kier molecular flexibility index (Phi) is 5.40. The molecule has 0 rings (SSSR count). The van der Waals surface area contributed by atoms with Crippen LogP contribution in [-0.2, 0) is 4.43 Å². The largest absolute Gasteiger partial charge is 0.427 e. The molecule has 0 radical (unpaired) electrons. The van der Waals surface area contributed by atoms with E-state index in [2.05, 4.69) is 6.07 Å². The summed E-state index contributed by atoms with van der Waals surface area (Å²) in [5.74, 6) is 0. The van der Waals surface area contributed by atoms with E-state index in [4.69, 9.17) is 9.69 Å². The molecule has 40 valence electrons. The Balaban J connectivity index is 2.60.